The number of carbonyl (C=O) groups excluding carboxylic acids is 1. The van der Waals surface area contributed by atoms with Gasteiger partial charge in [0, 0.05) is 42.6 Å². The van der Waals surface area contributed by atoms with Crippen LogP contribution in [0, 0.1) is 11.3 Å². The van der Waals surface area contributed by atoms with Crippen LogP contribution < -0.4 is 10.6 Å². The van der Waals surface area contributed by atoms with Gasteiger partial charge in [-0.1, -0.05) is 29.8 Å². The van der Waals surface area contributed by atoms with E-state index in [1.54, 1.807) is 0 Å². The summed E-state index contributed by atoms with van der Waals surface area (Å²) >= 11 is 5.90. The lowest BCUT2D eigenvalue weighted by molar-refractivity contribution is -0.0577. The number of aromatic nitrogens is 1. The molecule has 2 saturated carbocycles. The second kappa shape index (κ2) is 8.79. The summed E-state index contributed by atoms with van der Waals surface area (Å²) in [7, 11) is 0. The highest BCUT2D eigenvalue weighted by Gasteiger charge is 2.53. The molecule has 0 bridgehead atoms. The number of nitrogens with zero attached hydrogens (tertiary/aromatic N) is 2. The summed E-state index contributed by atoms with van der Waals surface area (Å²) in [4.78, 5) is 19.2. The van der Waals surface area contributed by atoms with Crippen molar-refractivity contribution in [2.24, 2.45) is 11.3 Å². The maximum absolute atomic E-state index is 12.2. The summed E-state index contributed by atoms with van der Waals surface area (Å²) in [5, 5.41) is 6.81. The van der Waals surface area contributed by atoms with Crippen molar-refractivity contribution >= 4 is 17.6 Å². The molecule has 1 spiro atoms. The van der Waals surface area contributed by atoms with Crippen molar-refractivity contribution < 1.29 is 4.79 Å². The number of halogens is 1. The number of carbonyl (C=O) groups is 1. The Morgan fingerprint density at radius 2 is 1.97 bits per heavy atom. The molecule has 1 aromatic heterocycles. The first-order valence-electron chi connectivity index (χ1n) is 11.5. The van der Waals surface area contributed by atoms with Crippen LogP contribution in [0.2, 0.25) is 5.02 Å². The van der Waals surface area contributed by atoms with Crippen molar-refractivity contribution in [3.63, 3.8) is 0 Å². The Hall–Kier alpha value is -2.11. The summed E-state index contributed by atoms with van der Waals surface area (Å²) in [5.41, 5.74) is 2.91. The molecular formula is C25H31ClN4O. The monoisotopic (exact) mass is 438 g/mol. The van der Waals surface area contributed by atoms with E-state index in [4.69, 9.17) is 11.6 Å². The van der Waals surface area contributed by atoms with E-state index in [0.717, 1.165) is 24.3 Å². The van der Waals surface area contributed by atoms with Gasteiger partial charge in [-0.05, 0) is 85.7 Å². The summed E-state index contributed by atoms with van der Waals surface area (Å²) < 4.78 is 0. The molecule has 2 aromatic rings. The molecule has 2 heterocycles. The Bertz CT molecular complexity index is 889. The van der Waals surface area contributed by atoms with Crippen molar-refractivity contribution in [1.82, 2.24) is 20.5 Å². The smallest absolute Gasteiger partial charge is 0.315 e. The van der Waals surface area contributed by atoms with Crippen LogP contribution in [0.15, 0.2) is 48.8 Å². The molecule has 164 valence electrons. The molecule has 3 fully saturated rings. The fourth-order valence-electron chi connectivity index (χ4n) is 6.06. The molecular weight excluding hydrogens is 408 g/mol. The molecule has 3 aliphatic rings. The van der Waals surface area contributed by atoms with Crippen molar-refractivity contribution in [3.8, 4) is 0 Å². The lowest BCUT2D eigenvalue weighted by atomic mass is 9.50. The second-order valence-electron chi connectivity index (χ2n) is 9.77. The molecule has 1 atom stereocenters. The van der Waals surface area contributed by atoms with Crippen LogP contribution in [-0.4, -0.2) is 35.0 Å². The number of rotatable bonds is 6. The van der Waals surface area contributed by atoms with Crippen LogP contribution in [0.3, 0.4) is 0 Å². The lowest BCUT2D eigenvalue weighted by Gasteiger charge is -2.58. The molecule has 31 heavy (non-hydrogen) atoms. The third kappa shape index (κ3) is 4.73. The molecule has 2 aliphatic carbocycles. The number of pyridine rings is 1. The van der Waals surface area contributed by atoms with E-state index in [1.165, 1.54) is 44.3 Å². The van der Waals surface area contributed by atoms with Crippen molar-refractivity contribution in [2.75, 3.05) is 13.1 Å². The molecule has 6 heteroatoms. The van der Waals surface area contributed by atoms with E-state index in [9.17, 15) is 4.79 Å². The minimum Gasteiger partial charge on any atom is -0.335 e. The number of urea groups is 1. The Kier molecular flexibility index (Phi) is 5.89. The van der Waals surface area contributed by atoms with Crippen molar-refractivity contribution in [3.05, 3.63) is 64.9 Å². The third-order valence-electron chi connectivity index (χ3n) is 7.43. The topological polar surface area (TPSA) is 57.3 Å². The molecule has 2 N–H and O–H groups in total. The van der Waals surface area contributed by atoms with E-state index < -0.39 is 0 Å². The van der Waals surface area contributed by atoms with Gasteiger partial charge >= 0.3 is 6.03 Å². The first-order valence-corrected chi connectivity index (χ1v) is 11.9. The average molecular weight is 439 g/mol. The van der Waals surface area contributed by atoms with Gasteiger partial charge in [0.2, 0.25) is 0 Å². The zero-order valence-electron chi connectivity index (χ0n) is 17.9. The summed E-state index contributed by atoms with van der Waals surface area (Å²) in [6.45, 7) is 2.94. The number of amides is 2. The van der Waals surface area contributed by atoms with E-state index in [-0.39, 0.29) is 6.03 Å². The Morgan fingerprint density at radius 3 is 2.71 bits per heavy atom. The lowest BCUT2D eigenvalue weighted by Crippen LogP contribution is -2.58. The summed E-state index contributed by atoms with van der Waals surface area (Å²) in [6, 6.07) is 12.6. The highest BCUT2D eigenvalue weighted by atomic mass is 35.5. The fraction of sp³-hybridized carbons (Fsp3) is 0.520. The van der Waals surface area contributed by atoms with Crippen LogP contribution >= 0.6 is 11.6 Å². The minimum atomic E-state index is -0.0675. The quantitative estimate of drug-likeness (QED) is 0.672. The Balaban J connectivity index is 1.02. The van der Waals surface area contributed by atoms with Crippen LogP contribution in [0.1, 0.15) is 55.7 Å². The molecule has 1 aliphatic heterocycles. The average Bonchev–Trinajstić information content (AvgIpc) is 3.19. The van der Waals surface area contributed by atoms with Crippen molar-refractivity contribution in [1.29, 1.82) is 0 Å². The summed E-state index contributed by atoms with van der Waals surface area (Å²) in [6.07, 6.45) is 11.3. The maximum Gasteiger partial charge on any atom is 0.315 e. The zero-order valence-corrected chi connectivity index (χ0v) is 18.7. The number of hydrogen-bond acceptors (Lipinski definition) is 3. The highest BCUT2D eigenvalue weighted by Crippen LogP contribution is 2.59. The molecule has 5 rings (SSSR count). The first-order chi connectivity index (χ1) is 15.1. The van der Waals surface area contributed by atoms with Crippen LogP contribution in [-0.2, 0) is 6.54 Å². The predicted molar refractivity (Wildman–Crippen MR) is 123 cm³/mol. The van der Waals surface area contributed by atoms with Gasteiger partial charge in [0.1, 0.15) is 0 Å². The van der Waals surface area contributed by atoms with Gasteiger partial charge < -0.3 is 10.6 Å². The van der Waals surface area contributed by atoms with Gasteiger partial charge in [-0.3, -0.25) is 9.88 Å². The van der Waals surface area contributed by atoms with Gasteiger partial charge in [0.05, 0.1) is 0 Å². The number of hydrogen-bond donors (Lipinski definition) is 2. The largest absolute Gasteiger partial charge is 0.335 e. The van der Waals surface area contributed by atoms with Gasteiger partial charge in [0.25, 0.3) is 0 Å². The molecule has 0 radical (unpaired) electrons. The molecule has 2 amide bonds. The Labute approximate surface area is 189 Å². The van der Waals surface area contributed by atoms with E-state index in [2.05, 4.69) is 32.7 Å². The van der Waals surface area contributed by atoms with Crippen LogP contribution in [0.5, 0.6) is 0 Å². The molecule has 5 nitrogen and oxygen atoms in total. The van der Waals surface area contributed by atoms with Crippen molar-refractivity contribution in [2.45, 2.75) is 57.2 Å². The van der Waals surface area contributed by atoms with E-state index in [0.29, 0.717) is 29.1 Å². The van der Waals surface area contributed by atoms with Gasteiger partial charge in [-0.15, -0.1) is 0 Å². The normalized spacial score (nSPS) is 29.9. The minimum absolute atomic E-state index is 0.0675. The molecule has 0 unspecified atom stereocenters. The number of nitrogens with one attached hydrogen (secondary N) is 2. The zero-order chi connectivity index (χ0) is 21.3. The van der Waals surface area contributed by atoms with Crippen LogP contribution in [0.25, 0.3) is 0 Å². The van der Waals surface area contributed by atoms with Crippen LogP contribution in [0.4, 0.5) is 4.79 Å². The van der Waals surface area contributed by atoms with E-state index in [1.807, 2.05) is 36.7 Å². The SMILES string of the molecule is O=C(NCc1ccc(Cl)cc1)NC1CC2(CC(CN3CCC[C@@H]3c3cccnc3)C2)C1. The molecule has 1 saturated heterocycles. The summed E-state index contributed by atoms with van der Waals surface area (Å²) in [5.74, 6) is 0.803. The highest BCUT2D eigenvalue weighted by molar-refractivity contribution is 6.30. The van der Waals surface area contributed by atoms with Gasteiger partial charge in [-0.2, -0.15) is 0 Å². The Morgan fingerprint density at radius 1 is 1.16 bits per heavy atom. The predicted octanol–water partition coefficient (Wildman–Crippen LogP) is 4.93. The first kappa shape index (κ1) is 20.8. The molecule has 1 aromatic carbocycles. The second-order valence-corrected chi connectivity index (χ2v) is 10.2. The van der Waals surface area contributed by atoms with E-state index >= 15 is 0 Å². The standard InChI is InChI=1S/C25H31ClN4O/c26-21-7-5-18(6-8-21)15-28-24(31)29-22-13-25(14-22)11-19(12-25)17-30-10-2-4-23(30)20-3-1-9-27-16-20/h1,3,5-9,16,19,22-23H,2,4,10-15,17H2,(H2,28,29,31)/t19?,22?,23-,25?/m1/s1. The number of likely N-dealkylation sites (tertiary alicyclic amines) is 1. The van der Waals surface area contributed by atoms with Gasteiger partial charge in [0.15, 0.2) is 0 Å². The van der Waals surface area contributed by atoms with Gasteiger partial charge in [-0.25, -0.2) is 4.79 Å². The number of benzene rings is 1. The third-order valence-corrected chi connectivity index (χ3v) is 7.68. The fourth-order valence-corrected chi connectivity index (χ4v) is 6.19. The maximum atomic E-state index is 12.2.